The molecule has 0 unspecified atom stereocenters. The summed E-state index contributed by atoms with van der Waals surface area (Å²) in [6, 6.07) is 5.35. The number of nitrogens with zero attached hydrogens (tertiary/aromatic N) is 1. The highest BCUT2D eigenvalue weighted by Crippen LogP contribution is 2.31. The van der Waals surface area contributed by atoms with Crippen molar-refractivity contribution >= 4 is 16.9 Å². The van der Waals surface area contributed by atoms with Crippen LogP contribution in [0, 0.1) is 6.92 Å². The van der Waals surface area contributed by atoms with Crippen LogP contribution in [0.4, 0.5) is 0 Å². The average Bonchev–Trinajstić information content (AvgIpc) is 3.08. The molecule has 0 saturated carbocycles. The van der Waals surface area contributed by atoms with Gasteiger partial charge in [0.15, 0.2) is 0 Å². The molecule has 0 spiro atoms. The summed E-state index contributed by atoms with van der Waals surface area (Å²) in [5.41, 5.74) is 1.25. The van der Waals surface area contributed by atoms with Crippen LogP contribution in [0.5, 0.6) is 5.75 Å². The van der Waals surface area contributed by atoms with Crippen molar-refractivity contribution in [2.75, 3.05) is 20.3 Å². The molecule has 1 N–H and O–H groups in total. The highest BCUT2D eigenvalue weighted by atomic mass is 16.5. The molecule has 1 fully saturated rings. The lowest BCUT2D eigenvalue weighted by atomic mass is 10.1. The molecule has 1 saturated heterocycles. The molecule has 112 valence electrons. The van der Waals surface area contributed by atoms with E-state index in [0.29, 0.717) is 29.2 Å². The van der Waals surface area contributed by atoms with Gasteiger partial charge in [0, 0.05) is 11.9 Å². The molecule has 5 heteroatoms. The number of rotatable bonds is 3. The van der Waals surface area contributed by atoms with Crippen LogP contribution in [0.15, 0.2) is 22.6 Å². The highest BCUT2D eigenvalue weighted by Gasteiger charge is 2.31. The van der Waals surface area contributed by atoms with E-state index in [4.69, 9.17) is 9.15 Å². The number of ether oxygens (including phenoxy) is 1. The van der Waals surface area contributed by atoms with E-state index in [2.05, 4.69) is 0 Å². The molecular weight excluding hydrogens is 270 g/mol. The molecule has 1 amide bonds. The number of hydrogen-bond donors (Lipinski definition) is 1. The zero-order chi connectivity index (χ0) is 15.0. The van der Waals surface area contributed by atoms with E-state index in [9.17, 15) is 9.90 Å². The van der Waals surface area contributed by atoms with Crippen molar-refractivity contribution < 1.29 is 19.1 Å². The molecule has 1 aliphatic rings. The second-order valence-corrected chi connectivity index (χ2v) is 5.37. The first kappa shape index (κ1) is 13.9. The van der Waals surface area contributed by atoms with Gasteiger partial charge in [0.2, 0.25) is 0 Å². The van der Waals surface area contributed by atoms with Gasteiger partial charge in [-0.05, 0) is 38.0 Å². The SMILES string of the molecule is COc1ccc2oc(C)c(C(=O)N3CCC[C@@H]3CO)c2c1. The predicted octanol–water partition coefficient (Wildman–Crippen LogP) is 2.35. The van der Waals surface area contributed by atoms with Crippen molar-refractivity contribution in [3.05, 3.63) is 29.5 Å². The fraction of sp³-hybridized carbons (Fsp3) is 0.438. The summed E-state index contributed by atoms with van der Waals surface area (Å²) < 4.78 is 10.9. The van der Waals surface area contributed by atoms with Gasteiger partial charge in [-0.25, -0.2) is 0 Å². The Balaban J connectivity index is 2.06. The van der Waals surface area contributed by atoms with Crippen LogP contribution < -0.4 is 4.74 Å². The monoisotopic (exact) mass is 289 g/mol. The van der Waals surface area contributed by atoms with Gasteiger partial charge in [0.05, 0.1) is 25.3 Å². The number of carbonyl (C=O) groups is 1. The Hall–Kier alpha value is -2.01. The predicted molar refractivity (Wildman–Crippen MR) is 78.6 cm³/mol. The lowest BCUT2D eigenvalue weighted by Gasteiger charge is -2.22. The fourth-order valence-electron chi connectivity index (χ4n) is 3.03. The van der Waals surface area contributed by atoms with Crippen molar-refractivity contribution in [3.8, 4) is 5.75 Å². The maximum absolute atomic E-state index is 12.8. The molecule has 3 rings (SSSR count). The normalized spacial score (nSPS) is 18.4. The molecule has 0 radical (unpaired) electrons. The number of fused-ring (bicyclic) bond motifs is 1. The van der Waals surface area contributed by atoms with Gasteiger partial charge in [-0.1, -0.05) is 0 Å². The Morgan fingerprint density at radius 3 is 3.05 bits per heavy atom. The number of aliphatic hydroxyl groups is 1. The van der Waals surface area contributed by atoms with E-state index in [1.165, 1.54) is 0 Å². The number of likely N-dealkylation sites (tertiary alicyclic amines) is 1. The minimum Gasteiger partial charge on any atom is -0.497 e. The maximum Gasteiger partial charge on any atom is 0.258 e. The van der Waals surface area contributed by atoms with Crippen LogP contribution in [-0.4, -0.2) is 42.2 Å². The topological polar surface area (TPSA) is 62.9 Å². The molecule has 21 heavy (non-hydrogen) atoms. The lowest BCUT2D eigenvalue weighted by Crippen LogP contribution is -2.37. The van der Waals surface area contributed by atoms with Crippen molar-refractivity contribution in [1.29, 1.82) is 0 Å². The van der Waals surface area contributed by atoms with Gasteiger partial charge in [0.1, 0.15) is 17.1 Å². The lowest BCUT2D eigenvalue weighted by molar-refractivity contribution is 0.0677. The number of hydrogen-bond acceptors (Lipinski definition) is 4. The summed E-state index contributed by atoms with van der Waals surface area (Å²) >= 11 is 0. The Bertz CT molecular complexity index is 676. The standard InChI is InChI=1S/C16H19NO4/c1-10-15(16(19)17-7-3-4-11(17)9-18)13-8-12(20-2)5-6-14(13)21-10/h5-6,8,11,18H,3-4,7,9H2,1-2H3/t11-/m1/s1. The zero-order valence-electron chi connectivity index (χ0n) is 12.3. The van der Waals surface area contributed by atoms with Crippen molar-refractivity contribution in [2.24, 2.45) is 0 Å². The Kier molecular flexibility index (Phi) is 3.59. The van der Waals surface area contributed by atoms with Crippen LogP contribution in [0.3, 0.4) is 0 Å². The Labute approximate surface area is 123 Å². The second-order valence-electron chi connectivity index (χ2n) is 5.37. The van der Waals surface area contributed by atoms with Gasteiger partial charge in [-0.2, -0.15) is 0 Å². The largest absolute Gasteiger partial charge is 0.497 e. The number of amides is 1. The Morgan fingerprint density at radius 2 is 2.33 bits per heavy atom. The first-order chi connectivity index (χ1) is 10.2. The summed E-state index contributed by atoms with van der Waals surface area (Å²) in [5, 5.41) is 10.2. The van der Waals surface area contributed by atoms with Crippen molar-refractivity contribution in [3.63, 3.8) is 0 Å². The van der Waals surface area contributed by atoms with E-state index in [-0.39, 0.29) is 18.6 Å². The van der Waals surface area contributed by atoms with Gasteiger partial charge in [0.25, 0.3) is 5.91 Å². The quantitative estimate of drug-likeness (QED) is 0.942. The van der Waals surface area contributed by atoms with E-state index in [1.54, 1.807) is 18.9 Å². The molecule has 1 atom stereocenters. The van der Waals surface area contributed by atoms with E-state index >= 15 is 0 Å². The number of aliphatic hydroxyl groups excluding tert-OH is 1. The smallest absolute Gasteiger partial charge is 0.258 e. The minimum absolute atomic E-state index is 0.00386. The maximum atomic E-state index is 12.8. The van der Waals surface area contributed by atoms with Gasteiger partial charge in [-0.3, -0.25) is 4.79 Å². The van der Waals surface area contributed by atoms with Gasteiger partial charge >= 0.3 is 0 Å². The van der Waals surface area contributed by atoms with E-state index in [1.807, 2.05) is 18.2 Å². The number of benzene rings is 1. The molecular formula is C16H19NO4. The summed E-state index contributed by atoms with van der Waals surface area (Å²) in [6.45, 7) is 2.48. The molecule has 2 aromatic rings. The van der Waals surface area contributed by atoms with Crippen LogP contribution in [-0.2, 0) is 0 Å². The number of carbonyl (C=O) groups excluding carboxylic acids is 1. The molecule has 2 heterocycles. The molecule has 0 aliphatic carbocycles. The molecule has 5 nitrogen and oxygen atoms in total. The zero-order valence-corrected chi connectivity index (χ0v) is 12.3. The molecule has 1 aromatic heterocycles. The number of furan rings is 1. The summed E-state index contributed by atoms with van der Waals surface area (Å²) in [5.74, 6) is 1.22. The van der Waals surface area contributed by atoms with Crippen LogP contribution in [0.25, 0.3) is 11.0 Å². The number of methoxy groups -OCH3 is 1. The van der Waals surface area contributed by atoms with Gasteiger partial charge < -0.3 is 19.2 Å². The minimum atomic E-state index is -0.0903. The highest BCUT2D eigenvalue weighted by molar-refractivity contribution is 6.07. The summed E-state index contributed by atoms with van der Waals surface area (Å²) in [7, 11) is 1.60. The second kappa shape index (κ2) is 5.41. The Morgan fingerprint density at radius 1 is 1.52 bits per heavy atom. The first-order valence-electron chi connectivity index (χ1n) is 7.14. The van der Waals surface area contributed by atoms with Crippen LogP contribution in [0.1, 0.15) is 29.0 Å². The fourth-order valence-corrected chi connectivity index (χ4v) is 3.03. The first-order valence-corrected chi connectivity index (χ1v) is 7.14. The van der Waals surface area contributed by atoms with E-state index < -0.39 is 0 Å². The van der Waals surface area contributed by atoms with Crippen molar-refractivity contribution in [2.45, 2.75) is 25.8 Å². The third-order valence-electron chi connectivity index (χ3n) is 4.13. The third kappa shape index (κ3) is 2.27. The average molecular weight is 289 g/mol. The van der Waals surface area contributed by atoms with Crippen LogP contribution >= 0.6 is 0 Å². The van der Waals surface area contributed by atoms with Crippen LogP contribution in [0.2, 0.25) is 0 Å². The third-order valence-corrected chi connectivity index (χ3v) is 4.13. The molecule has 0 bridgehead atoms. The van der Waals surface area contributed by atoms with Crippen molar-refractivity contribution in [1.82, 2.24) is 4.90 Å². The summed E-state index contributed by atoms with van der Waals surface area (Å²) in [4.78, 5) is 14.6. The van der Waals surface area contributed by atoms with Gasteiger partial charge in [-0.15, -0.1) is 0 Å². The molecule has 1 aliphatic heterocycles. The number of aryl methyl sites for hydroxylation is 1. The molecule has 1 aromatic carbocycles. The summed E-state index contributed by atoms with van der Waals surface area (Å²) in [6.07, 6.45) is 1.77. The van der Waals surface area contributed by atoms with E-state index in [0.717, 1.165) is 18.2 Å².